The monoisotopic (exact) mass is 200 g/mol. The maximum atomic E-state index is 11.2. The number of nitrogens with two attached hydrogens (primary N) is 1. The second-order valence-electron chi connectivity index (χ2n) is 2.74. The van der Waals surface area contributed by atoms with Crippen LogP contribution in [0.1, 0.15) is 23.4 Å². The number of ether oxygens (including phenoxy) is 1. The predicted molar refractivity (Wildman–Crippen MR) is 51.7 cm³/mol. The van der Waals surface area contributed by atoms with E-state index in [1.165, 1.54) is 18.4 Å². The van der Waals surface area contributed by atoms with Crippen molar-refractivity contribution >= 4 is 22.4 Å². The van der Waals surface area contributed by atoms with Crippen LogP contribution in [0.3, 0.4) is 0 Å². The molecular weight excluding hydrogens is 188 g/mol. The van der Waals surface area contributed by atoms with E-state index in [2.05, 4.69) is 9.72 Å². The van der Waals surface area contributed by atoms with E-state index in [4.69, 9.17) is 5.73 Å². The van der Waals surface area contributed by atoms with Gasteiger partial charge in [-0.1, -0.05) is 0 Å². The largest absolute Gasteiger partial charge is 0.469 e. The van der Waals surface area contributed by atoms with E-state index in [0.717, 1.165) is 4.88 Å². The van der Waals surface area contributed by atoms with Crippen molar-refractivity contribution in [2.24, 2.45) is 0 Å². The van der Waals surface area contributed by atoms with Gasteiger partial charge in [-0.15, -0.1) is 11.3 Å². The molecule has 0 aliphatic rings. The Kier molecular flexibility index (Phi) is 2.87. The molecule has 1 atom stereocenters. The standard InChI is InChI=1S/C8H12N2O2S/c1-4(7(11)12-3)6-5(2)13-8(9)10-6/h4H,1-3H3,(H2,9,10). The van der Waals surface area contributed by atoms with E-state index < -0.39 is 0 Å². The molecular formula is C8H12N2O2S. The van der Waals surface area contributed by atoms with Crippen molar-refractivity contribution in [1.29, 1.82) is 0 Å². The minimum Gasteiger partial charge on any atom is -0.469 e. The Balaban J connectivity index is 2.94. The lowest BCUT2D eigenvalue weighted by Crippen LogP contribution is -2.12. The van der Waals surface area contributed by atoms with Crippen LogP contribution in [0, 0.1) is 6.92 Å². The maximum Gasteiger partial charge on any atom is 0.314 e. The van der Waals surface area contributed by atoms with E-state index in [0.29, 0.717) is 10.8 Å². The fourth-order valence-corrected chi connectivity index (χ4v) is 1.90. The number of carbonyl (C=O) groups excluding carboxylic acids is 1. The van der Waals surface area contributed by atoms with E-state index in [1.54, 1.807) is 6.92 Å². The molecule has 0 radical (unpaired) electrons. The minimum atomic E-state index is -0.335. The average Bonchev–Trinajstić information content (AvgIpc) is 2.42. The summed E-state index contributed by atoms with van der Waals surface area (Å²) in [5.74, 6) is -0.619. The van der Waals surface area contributed by atoms with Crippen molar-refractivity contribution in [1.82, 2.24) is 4.98 Å². The van der Waals surface area contributed by atoms with Crippen LogP contribution in [0.25, 0.3) is 0 Å². The SMILES string of the molecule is COC(=O)C(C)c1nc(N)sc1C. The number of anilines is 1. The van der Waals surface area contributed by atoms with Crippen molar-refractivity contribution in [3.05, 3.63) is 10.6 Å². The van der Waals surface area contributed by atoms with Crippen LogP contribution in [0.2, 0.25) is 0 Å². The number of nitrogen functional groups attached to an aromatic ring is 1. The van der Waals surface area contributed by atoms with Gasteiger partial charge in [0.05, 0.1) is 18.7 Å². The molecule has 1 aromatic rings. The third-order valence-electron chi connectivity index (χ3n) is 1.81. The number of nitrogens with zero attached hydrogens (tertiary/aromatic N) is 1. The van der Waals surface area contributed by atoms with Crippen LogP contribution in [-0.4, -0.2) is 18.1 Å². The third kappa shape index (κ3) is 1.98. The molecule has 0 saturated heterocycles. The van der Waals surface area contributed by atoms with Gasteiger partial charge in [-0.3, -0.25) is 4.79 Å². The summed E-state index contributed by atoms with van der Waals surface area (Å²) in [6.45, 7) is 3.65. The van der Waals surface area contributed by atoms with E-state index in [-0.39, 0.29) is 11.9 Å². The van der Waals surface area contributed by atoms with Crippen molar-refractivity contribution in [3.63, 3.8) is 0 Å². The molecule has 72 valence electrons. The topological polar surface area (TPSA) is 65.2 Å². The molecule has 2 N–H and O–H groups in total. The Morgan fingerprint density at radius 1 is 1.69 bits per heavy atom. The first-order chi connectivity index (χ1) is 6.06. The Bertz CT molecular complexity index is 322. The molecule has 1 heterocycles. The van der Waals surface area contributed by atoms with Gasteiger partial charge in [-0.25, -0.2) is 4.98 Å². The summed E-state index contributed by atoms with van der Waals surface area (Å²) < 4.78 is 4.62. The van der Waals surface area contributed by atoms with Crippen LogP contribution in [0.15, 0.2) is 0 Å². The van der Waals surface area contributed by atoms with Gasteiger partial charge in [0, 0.05) is 4.88 Å². The highest BCUT2D eigenvalue weighted by molar-refractivity contribution is 7.15. The molecule has 0 saturated carbocycles. The molecule has 1 unspecified atom stereocenters. The lowest BCUT2D eigenvalue weighted by molar-refractivity contribution is -0.142. The molecule has 1 rings (SSSR count). The quantitative estimate of drug-likeness (QED) is 0.731. The summed E-state index contributed by atoms with van der Waals surface area (Å²) in [6, 6.07) is 0. The van der Waals surface area contributed by atoms with Gasteiger partial charge in [0.25, 0.3) is 0 Å². The average molecular weight is 200 g/mol. The molecule has 0 aliphatic heterocycles. The number of esters is 1. The number of aryl methyl sites for hydroxylation is 1. The third-order valence-corrected chi connectivity index (χ3v) is 2.63. The van der Waals surface area contributed by atoms with Gasteiger partial charge in [0.15, 0.2) is 5.13 Å². The van der Waals surface area contributed by atoms with Crippen molar-refractivity contribution < 1.29 is 9.53 Å². The molecule has 0 aliphatic carbocycles. The zero-order valence-electron chi connectivity index (χ0n) is 7.83. The number of carbonyl (C=O) groups is 1. The Morgan fingerprint density at radius 2 is 2.31 bits per heavy atom. The van der Waals surface area contributed by atoms with Gasteiger partial charge in [0.2, 0.25) is 0 Å². The highest BCUT2D eigenvalue weighted by Crippen LogP contribution is 2.26. The molecule has 5 heteroatoms. The number of aromatic nitrogens is 1. The molecule has 0 amide bonds. The Morgan fingerprint density at radius 3 is 2.69 bits per heavy atom. The molecule has 0 aromatic carbocycles. The number of methoxy groups -OCH3 is 1. The van der Waals surface area contributed by atoms with Gasteiger partial charge in [0.1, 0.15) is 0 Å². The fourth-order valence-electron chi connectivity index (χ4n) is 1.12. The zero-order chi connectivity index (χ0) is 10.0. The first kappa shape index (κ1) is 9.98. The van der Waals surface area contributed by atoms with Crippen LogP contribution in [0.5, 0.6) is 0 Å². The lowest BCUT2D eigenvalue weighted by atomic mass is 10.1. The summed E-state index contributed by atoms with van der Waals surface area (Å²) in [5, 5.41) is 0.489. The van der Waals surface area contributed by atoms with Crippen LogP contribution in [0.4, 0.5) is 5.13 Å². The van der Waals surface area contributed by atoms with Gasteiger partial charge in [-0.05, 0) is 13.8 Å². The van der Waals surface area contributed by atoms with E-state index in [1.807, 2.05) is 6.92 Å². The number of rotatable bonds is 2. The molecule has 1 aromatic heterocycles. The Hall–Kier alpha value is -1.10. The minimum absolute atomic E-state index is 0.284. The fraction of sp³-hybridized carbons (Fsp3) is 0.500. The van der Waals surface area contributed by atoms with Gasteiger partial charge < -0.3 is 10.5 Å². The molecule has 0 spiro atoms. The van der Waals surface area contributed by atoms with Crippen molar-refractivity contribution in [2.75, 3.05) is 12.8 Å². The molecule has 0 fully saturated rings. The van der Waals surface area contributed by atoms with E-state index in [9.17, 15) is 4.79 Å². The molecule has 13 heavy (non-hydrogen) atoms. The zero-order valence-corrected chi connectivity index (χ0v) is 8.64. The number of thiazole rings is 1. The highest BCUT2D eigenvalue weighted by atomic mass is 32.1. The predicted octanol–water partition coefficient (Wildman–Crippen LogP) is 1.31. The maximum absolute atomic E-state index is 11.2. The second-order valence-corrected chi connectivity index (χ2v) is 3.97. The highest BCUT2D eigenvalue weighted by Gasteiger charge is 2.20. The second kappa shape index (κ2) is 3.74. The van der Waals surface area contributed by atoms with Gasteiger partial charge >= 0.3 is 5.97 Å². The smallest absolute Gasteiger partial charge is 0.314 e. The first-order valence-electron chi connectivity index (χ1n) is 3.87. The van der Waals surface area contributed by atoms with Crippen LogP contribution < -0.4 is 5.73 Å². The number of hydrogen-bond donors (Lipinski definition) is 1. The first-order valence-corrected chi connectivity index (χ1v) is 4.68. The summed E-state index contributed by atoms with van der Waals surface area (Å²) in [5.41, 5.74) is 6.23. The van der Waals surface area contributed by atoms with Crippen LogP contribution >= 0.6 is 11.3 Å². The molecule has 0 bridgehead atoms. The summed E-state index contributed by atoms with van der Waals surface area (Å²) in [7, 11) is 1.36. The summed E-state index contributed by atoms with van der Waals surface area (Å²) in [4.78, 5) is 16.2. The van der Waals surface area contributed by atoms with Crippen molar-refractivity contribution in [2.45, 2.75) is 19.8 Å². The van der Waals surface area contributed by atoms with Crippen LogP contribution in [-0.2, 0) is 9.53 Å². The molecule has 4 nitrogen and oxygen atoms in total. The Labute approximate surface area is 80.7 Å². The van der Waals surface area contributed by atoms with E-state index >= 15 is 0 Å². The summed E-state index contributed by atoms with van der Waals surface area (Å²) in [6.07, 6.45) is 0. The lowest BCUT2D eigenvalue weighted by Gasteiger charge is -2.06. The van der Waals surface area contributed by atoms with Gasteiger partial charge in [-0.2, -0.15) is 0 Å². The normalized spacial score (nSPS) is 12.5. The van der Waals surface area contributed by atoms with Crippen molar-refractivity contribution in [3.8, 4) is 0 Å². The summed E-state index contributed by atoms with van der Waals surface area (Å²) >= 11 is 1.38. The number of hydrogen-bond acceptors (Lipinski definition) is 5.